The molecule has 1 N–H and O–H groups in total. The highest BCUT2D eigenvalue weighted by Gasteiger charge is 2.17. The first kappa shape index (κ1) is 11.6. The minimum absolute atomic E-state index is 0.704. The second-order valence-electron chi connectivity index (χ2n) is 4.90. The Kier molecular flexibility index (Phi) is 3.97. The first-order valence-electron chi connectivity index (χ1n) is 6.22. The quantitative estimate of drug-likeness (QED) is 0.836. The van der Waals surface area contributed by atoms with Crippen LogP contribution in [0.15, 0.2) is 24.3 Å². The van der Waals surface area contributed by atoms with Crippen molar-refractivity contribution in [2.24, 2.45) is 0 Å². The maximum absolute atomic E-state index is 3.47. The van der Waals surface area contributed by atoms with Gasteiger partial charge in [-0.25, -0.2) is 0 Å². The summed E-state index contributed by atoms with van der Waals surface area (Å²) < 4.78 is 0. The summed E-state index contributed by atoms with van der Waals surface area (Å²) in [7, 11) is 2.23. The predicted octanol–water partition coefficient (Wildman–Crippen LogP) is 2.18. The van der Waals surface area contributed by atoms with E-state index >= 15 is 0 Å². The topological polar surface area (TPSA) is 15.3 Å². The lowest BCUT2D eigenvalue weighted by atomic mass is 10.1. The fourth-order valence-electron chi connectivity index (χ4n) is 2.32. The van der Waals surface area contributed by atoms with Gasteiger partial charge in [0.1, 0.15) is 0 Å². The molecule has 0 spiro atoms. The van der Waals surface area contributed by atoms with Crippen LogP contribution in [0.2, 0.25) is 0 Å². The highest BCUT2D eigenvalue weighted by molar-refractivity contribution is 5.21. The summed E-state index contributed by atoms with van der Waals surface area (Å²) in [5.41, 5.74) is 2.75. The Hall–Kier alpha value is -0.860. The van der Waals surface area contributed by atoms with Crippen LogP contribution in [-0.4, -0.2) is 31.1 Å². The Balaban J connectivity index is 1.90. The van der Waals surface area contributed by atoms with Crippen molar-refractivity contribution in [3.63, 3.8) is 0 Å². The molecule has 1 atom stereocenters. The first-order valence-corrected chi connectivity index (χ1v) is 6.22. The van der Waals surface area contributed by atoms with Crippen molar-refractivity contribution < 1.29 is 0 Å². The second-order valence-corrected chi connectivity index (χ2v) is 4.90. The molecule has 0 saturated carbocycles. The lowest BCUT2D eigenvalue weighted by molar-refractivity contribution is 0.196. The summed E-state index contributed by atoms with van der Waals surface area (Å²) in [6, 6.07) is 9.57. The van der Waals surface area contributed by atoms with Crippen LogP contribution in [0, 0.1) is 6.92 Å². The monoisotopic (exact) mass is 218 g/mol. The molecule has 0 radical (unpaired) electrons. The second kappa shape index (κ2) is 5.46. The molecule has 0 unspecified atom stereocenters. The molecule has 1 heterocycles. The van der Waals surface area contributed by atoms with E-state index < -0.39 is 0 Å². The summed E-state index contributed by atoms with van der Waals surface area (Å²) in [6.07, 6.45) is 2.64. The summed E-state index contributed by atoms with van der Waals surface area (Å²) in [5.74, 6) is 0. The molecule has 2 nitrogen and oxygen atoms in total. The van der Waals surface area contributed by atoms with E-state index in [0.29, 0.717) is 6.04 Å². The SMILES string of the molecule is Cc1ccc(CN(C)[C@@H]2CCCNC2)cc1. The molecule has 1 saturated heterocycles. The number of likely N-dealkylation sites (N-methyl/N-ethyl adjacent to an activating group) is 1. The number of nitrogens with zero attached hydrogens (tertiary/aromatic N) is 1. The van der Waals surface area contributed by atoms with Gasteiger partial charge in [0.25, 0.3) is 0 Å². The summed E-state index contributed by atoms with van der Waals surface area (Å²) in [6.45, 7) is 5.53. The molecule has 16 heavy (non-hydrogen) atoms. The fraction of sp³-hybridized carbons (Fsp3) is 0.571. The first-order chi connectivity index (χ1) is 7.75. The molecule has 88 valence electrons. The number of piperidine rings is 1. The van der Waals surface area contributed by atoms with Crippen LogP contribution in [0.4, 0.5) is 0 Å². The van der Waals surface area contributed by atoms with E-state index in [0.717, 1.165) is 13.1 Å². The van der Waals surface area contributed by atoms with Crippen molar-refractivity contribution >= 4 is 0 Å². The Morgan fingerprint density at radius 3 is 2.69 bits per heavy atom. The molecule has 0 bridgehead atoms. The van der Waals surface area contributed by atoms with Gasteiger partial charge in [0, 0.05) is 19.1 Å². The van der Waals surface area contributed by atoms with E-state index in [9.17, 15) is 0 Å². The van der Waals surface area contributed by atoms with Crippen molar-refractivity contribution in [3.8, 4) is 0 Å². The molecule has 0 amide bonds. The molecule has 1 fully saturated rings. The van der Waals surface area contributed by atoms with Crippen molar-refractivity contribution in [3.05, 3.63) is 35.4 Å². The van der Waals surface area contributed by atoms with Crippen LogP contribution in [0.5, 0.6) is 0 Å². The van der Waals surface area contributed by atoms with Gasteiger partial charge in [-0.05, 0) is 38.9 Å². The normalized spacial score (nSPS) is 21.3. The van der Waals surface area contributed by atoms with Gasteiger partial charge in [0.15, 0.2) is 0 Å². The highest BCUT2D eigenvalue weighted by atomic mass is 15.2. The van der Waals surface area contributed by atoms with Gasteiger partial charge in [-0.1, -0.05) is 29.8 Å². The minimum atomic E-state index is 0.704. The van der Waals surface area contributed by atoms with Crippen LogP contribution < -0.4 is 5.32 Å². The minimum Gasteiger partial charge on any atom is -0.315 e. The van der Waals surface area contributed by atoms with E-state index in [1.807, 2.05) is 0 Å². The third kappa shape index (κ3) is 3.06. The van der Waals surface area contributed by atoms with E-state index in [-0.39, 0.29) is 0 Å². The maximum atomic E-state index is 3.47. The standard InChI is InChI=1S/C14H22N2/c1-12-5-7-13(8-6-12)11-16(2)14-4-3-9-15-10-14/h5-8,14-15H,3-4,9-11H2,1-2H3/t14-/m1/s1. The number of hydrogen-bond acceptors (Lipinski definition) is 2. The van der Waals surface area contributed by atoms with Crippen molar-refractivity contribution in [1.82, 2.24) is 10.2 Å². The Labute approximate surface area is 98.7 Å². The number of nitrogens with one attached hydrogen (secondary N) is 1. The smallest absolute Gasteiger partial charge is 0.0234 e. The van der Waals surface area contributed by atoms with Gasteiger partial charge in [-0.3, -0.25) is 4.90 Å². The predicted molar refractivity (Wildman–Crippen MR) is 68.5 cm³/mol. The lowest BCUT2D eigenvalue weighted by Gasteiger charge is -2.31. The van der Waals surface area contributed by atoms with Gasteiger partial charge in [-0.15, -0.1) is 0 Å². The summed E-state index contributed by atoms with van der Waals surface area (Å²) >= 11 is 0. The molecule has 2 heteroatoms. The largest absolute Gasteiger partial charge is 0.315 e. The molecule has 1 aromatic carbocycles. The average molecular weight is 218 g/mol. The van der Waals surface area contributed by atoms with Gasteiger partial charge in [0.05, 0.1) is 0 Å². The molecule has 0 aromatic heterocycles. The van der Waals surface area contributed by atoms with E-state index in [4.69, 9.17) is 0 Å². The third-order valence-corrected chi connectivity index (χ3v) is 3.45. The van der Waals surface area contributed by atoms with Crippen LogP contribution in [0.1, 0.15) is 24.0 Å². The molecule has 1 aliphatic heterocycles. The summed E-state index contributed by atoms with van der Waals surface area (Å²) in [5, 5.41) is 3.47. The maximum Gasteiger partial charge on any atom is 0.0234 e. The number of rotatable bonds is 3. The zero-order valence-corrected chi connectivity index (χ0v) is 10.4. The zero-order valence-electron chi connectivity index (χ0n) is 10.4. The number of hydrogen-bond donors (Lipinski definition) is 1. The molecule has 1 aliphatic rings. The Morgan fingerprint density at radius 1 is 1.31 bits per heavy atom. The molecule has 0 aliphatic carbocycles. The highest BCUT2D eigenvalue weighted by Crippen LogP contribution is 2.12. The fourth-order valence-corrected chi connectivity index (χ4v) is 2.32. The van der Waals surface area contributed by atoms with Crippen LogP contribution in [-0.2, 0) is 6.54 Å². The third-order valence-electron chi connectivity index (χ3n) is 3.45. The van der Waals surface area contributed by atoms with Crippen LogP contribution in [0.25, 0.3) is 0 Å². The van der Waals surface area contributed by atoms with Crippen molar-refractivity contribution in [2.75, 3.05) is 20.1 Å². The Morgan fingerprint density at radius 2 is 2.06 bits per heavy atom. The molecular formula is C14H22N2. The van der Waals surface area contributed by atoms with E-state index in [1.165, 1.54) is 30.5 Å². The number of aryl methyl sites for hydroxylation is 1. The zero-order chi connectivity index (χ0) is 11.4. The molecule has 2 rings (SSSR count). The van der Waals surface area contributed by atoms with E-state index in [2.05, 4.69) is 48.5 Å². The lowest BCUT2D eigenvalue weighted by Crippen LogP contribution is -2.43. The van der Waals surface area contributed by atoms with Crippen LogP contribution in [0.3, 0.4) is 0 Å². The van der Waals surface area contributed by atoms with Crippen molar-refractivity contribution in [1.29, 1.82) is 0 Å². The van der Waals surface area contributed by atoms with Gasteiger partial charge in [-0.2, -0.15) is 0 Å². The average Bonchev–Trinajstić information content (AvgIpc) is 2.33. The number of benzene rings is 1. The van der Waals surface area contributed by atoms with Gasteiger partial charge >= 0.3 is 0 Å². The molecular weight excluding hydrogens is 196 g/mol. The van der Waals surface area contributed by atoms with E-state index in [1.54, 1.807) is 0 Å². The summed E-state index contributed by atoms with van der Waals surface area (Å²) in [4.78, 5) is 2.47. The molecule has 1 aromatic rings. The van der Waals surface area contributed by atoms with Gasteiger partial charge in [0.2, 0.25) is 0 Å². The van der Waals surface area contributed by atoms with Crippen LogP contribution >= 0.6 is 0 Å². The van der Waals surface area contributed by atoms with Gasteiger partial charge < -0.3 is 5.32 Å². The Bertz CT molecular complexity index is 312. The van der Waals surface area contributed by atoms with Crippen molar-refractivity contribution in [2.45, 2.75) is 32.4 Å².